The van der Waals surface area contributed by atoms with Gasteiger partial charge in [-0.15, -0.1) is 0 Å². The molecule has 2 rings (SSSR count). The van der Waals surface area contributed by atoms with Crippen molar-refractivity contribution in [3.05, 3.63) is 52.5 Å². The molecular formula is C14H16BrN3O2S. The summed E-state index contributed by atoms with van der Waals surface area (Å²) in [5, 5.41) is 8.35. The first-order valence-corrected chi connectivity index (χ1v) is 8.55. The summed E-state index contributed by atoms with van der Waals surface area (Å²) in [4.78, 5) is -0.0654. The van der Waals surface area contributed by atoms with E-state index in [0.717, 1.165) is 15.7 Å². The fourth-order valence-electron chi connectivity index (χ4n) is 1.98. The van der Waals surface area contributed by atoms with E-state index in [9.17, 15) is 8.42 Å². The number of hydrogen-bond acceptors (Lipinski definition) is 4. The van der Waals surface area contributed by atoms with Crippen molar-refractivity contribution in [1.29, 1.82) is 0 Å². The van der Waals surface area contributed by atoms with Crippen molar-refractivity contribution < 1.29 is 8.42 Å². The summed E-state index contributed by atoms with van der Waals surface area (Å²) in [5.74, 6) is 0. The molecule has 0 saturated carbocycles. The van der Waals surface area contributed by atoms with Crippen molar-refractivity contribution in [2.45, 2.75) is 17.9 Å². The molecule has 2 aromatic carbocycles. The number of primary sulfonamides is 1. The van der Waals surface area contributed by atoms with E-state index in [1.807, 2.05) is 31.2 Å². The van der Waals surface area contributed by atoms with Crippen molar-refractivity contribution in [2.75, 3.05) is 11.1 Å². The molecule has 0 aliphatic carbocycles. The Kier molecular flexibility index (Phi) is 4.55. The molecule has 0 bridgehead atoms. The highest BCUT2D eigenvalue weighted by molar-refractivity contribution is 9.10. The molecule has 5 nitrogen and oxygen atoms in total. The number of hydrogen-bond donors (Lipinski definition) is 3. The lowest BCUT2D eigenvalue weighted by Gasteiger charge is -2.17. The van der Waals surface area contributed by atoms with E-state index >= 15 is 0 Å². The summed E-state index contributed by atoms with van der Waals surface area (Å²) in [5.41, 5.74) is 7.70. The van der Waals surface area contributed by atoms with Crippen molar-refractivity contribution in [3.8, 4) is 0 Å². The zero-order valence-corrected chi connectivity index (χ0v) is 13.8. The lowest BCUT2D eigenvalue weighted by atomic mass is 10.1. The van der Waals surface area contributed by atoms with Crippen LogP contribution in [0, 0.1) is 0 Å². The third kappa shape index (κ3) is 3.96. The van der Waals surface area contributed by atoms with Gasteiger partial charge < -0.3 is 11.1 Å². The minimum atomic E-state index is -3.79. The van der Waals surface area contributed by atoms with E-state index in [1.54, 1.807) is 12.1 Å². The van der Waals surface area contributed by atoms with Gasteiger partial charge in [0.25, 0.3) is 0 Å². The van der Waals surface area contributed by atoms with Crippen molar-refractivity contribution in [1.82, 2.24) is 0 Å². The fourth-order valence-corrected chi connectivity index (χ4v) is 2.89. The Hall–Kier alpha value is -1.57. The average Bonchev–Trinajstić information content (AvgIpc) is 2.37. The van der Waals surface area contributed by atoms with Gasteiger partial charge in [-0.3, -0.25) is 0 Å². The molecule has 1 unspecified atom stereocenters. The number of benzene rings is 2. The quantitative estimate of drug-likeness (QED) is 0.721. The first-order valence-electron chi connectivity index (χ1n) is 6.21. The van der Waals surface area contributed by atoms with Gasteiger partial charge in [0, 0.05) is 16.2 Å². The molecule has 0 aromatic heterocycles. The number of halogens is 1. The summed E-state index contributed by atoms with van der Waals surface area (Å²) in [6, 6.07) is 12.6. The second-order valence-electron chi connectivity index (χ2n) is 4.72. The Labute approximate surface area is 132 Å². The van der Waals surface area contributed by atoms with Gasteiger partial charge in [-0.25, -0.2) is 13.6 Å². The molecule has 0 amide bonds. The Balaban J connectivity index is 2.20. The second-order valence-corrected chi connectivity index (χ2v) is 7.16. The monoisotopic (exact) mass is 369 g/mol. The van der Waals surface area contributed by atoms with Gasteiger partial charge in [0.15, 0.2) is 0 Å². The molecule has 0 spiro atoms. The van der Waals surface area contributed by atoms with Gasteiger partial charge in [0.1, 0.15) is 4.90 Å². The SMILES string of the molecule is CC(Nc1ccc(S(N)(=O)=O)c(N)c1)c1ccc(Br)cc1. The van der Waals surface area contributed by atoms with Crippen molar-refractivity contribution >= 4 is 37.3 Å². The molecule has 0 aliphatic heterocycles. The van der Waals surface area contributed by atoms with Gasteiger partial charge in [-0.05, 0) is 42.8 Å². The maximum Gasteiger partial charge on any atom is 0.240 e. The first-order chi connectivity index (χ1) is 9.77. The first kappa shape index (κ1) is 15.8. The number of sulfonamides is 1. The van der Waals surface area contributed by atoms with E-state index in [0.29, 0.717) is 0 Å². The Morgan fingerprint density at radius 2 is 1.76 bits per heavy atom. The topological polar surface area (TPSA) is 98.2 Å². The minimum absolute atomic E-state index is 0.0535. The fraction of sp³-hybridized carbons (Fsp3) is 0.143. The van der Waals surface area contributed by atoms with E-state index in [2.05, 4.69) is 21.2 Å². The molecule has 2 aromatic rings. The van der Waals surface area contributed by atoms with Crippen LogP contribution in [0.1, 0.15) is 18.5 Å². The van der Waals surface area contributed by atoms with Crippen molar-refractivity contribution in [2.24, 2.45) is 5.14 Å². The Bertz CT molecular complexity index is 745. The van der Waals surface area contributed by atoms with E-state index < -0.39 is 10.0 Å². The summed E-state index contributed by atoms with van der Waals surface area (Å²) < 4.78 is 23.6. The Morgan fingerprint density at radius 3 is 2.29 bits per heavy atom. The largest absolute Gasteiger partial charge is 0.398 e. The van der Waals surface area contributed by atoms with Crippen LogP contribution in [-0.4, -0.2) is 8.42 Å². The van der Waals surface area contributed by atoms with Crippen LogP contribution in [0.3, 0.4) is 0 Å². The highest BCUT2D eigenvalue weighted by Gasteiger charge is 2.13. The van der Waals surface area contributed by atoms with Crippen molar-refractivity contribution in [3.63, 3.8) is 0 Å². The zero-order chi connectivity index (χ0) is 15.6. The Morgan fingerprint density at radius 1 is 1.14 bits per heavy atom. The zero-order valence-electron chi connectivity index (χ0n) is 11.4. The molecule has 0 saturated heterocycles. The number of nitrogens with two attached hydrogens (primary N) is 2. The molecule has 21 heavy (non-hydrogen) atoms. The predicted molar refractivity (Wildman–Crippen MR) is 88.4 cm³/mol. The maximum absolute atomic E-state index is 11.3. The van der Waals surface area contributed by atoms with Gasteiger partial charge in [-0.2, -0.15) is 0 Å². The van der Waals surface area contributed by atoms with Gasteiger partial charge in [0.05, 0.1) is 5.69 Å². The maximum atomic E-state index is 11.3. The summed E-state index contributed by atoms with van der Waals surface area (Å²) in [6.07, 6.45) is 0. The number of anilines is 2. The summed E-state index contributed by atoms with van der Waals surface area (Å²) in [6.45, 7) is 2.01. The second kappa shape index (κ2) is 6.05. The van der Waals surface area contributed by atoms with E-state index in [1.165, 1.54) is 6.07 Å². The molecular weight excluding hydrogens is 354 g/mol. The van der Waals surface area contributed by atoms with Crippen LogP contribution in [0.25, 0.3) is 0 Å². The minimum Gasteiger partial charge on any atom is -0.398 e. The molecule has 112 valence electrons. The van der Waals surface area contributed by atoms with Crippen LogP contribution in [0.4, 0.5) is 11.4 Å². The van der Waals surface area contributed by atoms with Crippen LogP contribution in [0.5, 0.6) is 0 Å². The van der Waals surface area contributed by atoms with E-state index in [4.69, 9.17) is 10.9 Å². The van der Waals surface area contributed by atoms with Crippen LogP contribution in [0.15, 0.2) is 51.8 Å². The predicted octanol–water partition coefficient (Wildman–Crippen LogP) is 2.85. The highest BCUT2D eigenvalue weighted by atomic mass is 79.9. The highest BCUT2D eigenvalue weighted by Crippen LogP contribution is 2.25. The van der Waals surface area contributed by atoms with Gasteiger partial charge in [0.2, 0.25) is 10.0 Å². The third-order valence-corrected chi connectivity index (χ3v) is 4.58. The average molecular weight is 370 g/mol. The molecule has 0 radical (unpaired) electrons. The standard InChI is InChI=1S/C14H16BrN3O2S/c1-9(10-2-4-11(15)5-3-10)18-12-6-7-14(13(16)8-12)21(17,19)20/h2-9,18H,16H2,1H3,(H2,17,19,20). The smallest absolute Gasteiger partial charge is 0.240 e. The summed E-state index contributed by atoms with van der Waals surface area (Å²) >= 11 is 3.39. The number of rotatable bonds is 4. The summed E-state index contributed by atoms with van der Waals surface area (Å²) in [7, 11) is -3.79. The lowest BCUT2D eigenvalue weighted by molar-refractivity contribution is 0.598. The molecule has 0 aliphatic rings. The molecule has 0 fully saturated rings. The van der Waals surface area contributed by atoms with Crippen LogP contribution >= 0.6 is 15.9 Å². The van der Waals surface area contributed by atoms with Crippen LogP contribution in [0.2, 0.25) is 0 Å². The van der Waals surface area contributed by atoms with Gasteiger partial charge in [-0.1, -0.05) is 28.1 Å². The lowest BCUT2D eigenvalue weighted by Crippen LogP contribution is -2.14. The molecule has 0 heterocycles. The number of nitrogens with one attached hydrogen (secondary N) is 1. The van der Waals surface area contributed by atoms with Gasteiger partial charge >= 0.3 is 0 Å². The molecule has 1 atom stereocenters. The molecule has 7 heteroatoms. The van der Waals surface area contributed by atoms with Crippen LogP contribution in [-0.2, 0) is 10.0 Å². The third-order valence-electron chi connectivity index (χ3n) is 3.07. The van der Waals surface area contributed by atoms with E-state index in [-0.39, 0.29) is 16.6 Å². The molecule has 5 N–H and O–H groups in total. The number of nitrogen functional groups attached to an aromatic ring is 1. The van der Waals surface area contributed by atoms with Crippen LogP contribution < -0.4 is 16.2 Å². The normalized spacial score (nSPS) is 12.9.